The van der Waals surface area contributed by atoms with E-state index in [2.05, 4.69) is 39.0 Å². The summed E-state index contributed by atoms with van der Waals surface area (Å²) >= 11 is 6.08. The summed E-state index contributed by atoms with van der Waals surface area (Å²) < 4.78 is 44.1. The molecule has 5 rings (SSSR count). The molecule has 1 aliphatic rings. The van der Waals surface area contributed by atoms with Crippen molar-refractivity contribution in [1.29, 1.82) is 0 Å². The molecule has 8 nitrogen and oxygen atoms in total. The minimum Gasteiger partial charge on any atom is -0.351 e. The molecule has 0 atom stereocenters. The van der Waals surface area contributed by atoms with Crippen molar-refractivity contribution in [2.24, 2.45) is 0 Å². The highest BCUT2D eigenvalue weighted by molar-refractivity contribution is 7.92. The Kier molecular flexibility index (Phi) is 8.45. The van der Waals surface area contributed by atoms with Crippen LogP contribution in [0.5, 0.6) is 0 Å². The van der Waals surface area contributed by atoms with Gasteiger partial charge in [-0.05, 0) is 83.5 Å². The van der Waals surface area contributed by atoms with Crippen LogP contribution in [0.3, 0.4) is 0 Å². The van der Waals surface area contributed by atoms with Crippen LogP contribution >= 0.6 is 11.6 Å². The smallest absolute Gasteiger partial charge is 0.264 e. The molecule has 1 saturated carbocycles. The third-order valence-electron chi connectivity index (χ3n) is 7.76. The second kappa shape index (κ2) is 11.9. The van der Waals surface area contributed by atoms with Gasteiger partial charge in [-0.1, -0.05) is 30.7 Å². The molecule has 2 aromatic carbocycles. The number of sulfonamides is 1. The Labute approximate surface area is 245 Å². The maximum Gasteiger partial charge on any atom is 0.264 e. The van der Waals surface area contributed by atoms with E-state index in [4.69, 9.17) is 16.6 Å². The lowest BCUT2D eigenvalue weighted by atomic mass is 9.90. The second-order valence-corrected chi connectivity index (χ2v) is 12.7. The molecule has 0 unspecified atom stereocenters. The van der Waals surface area contributed by atoms with Gasteiger partial charge in [0.2, 0.25) is 5.95 Å². The summed E-state index contributed by atoms with van der Waals surface area (Å²) in [6, 6.07) is 12.0. The Morgan fingerprint density at radius 3 is 2.44 bits per heavy atom. The number of hydrogen-bond donors (Lipinski definition) is 2. The molecule has 0 bridgehead atoms. The number of fused-ring (bicyclic) bond motifs is 1. The van der Waals surface area contributed by atoms with Crippen LogP contribution in [0.1, 0.15) is 43.9 Å². The van der Waals surface area contributed by atoms with Gasteiger partial charge in [-0.15, -0.1) is 0 Å². The topological polar surface area (TPSA) is 100 Å². The minimum atomic E-state index is -3.95. The number of aryl methyl sites for hydroxylation is 2. The molecule has 11 heteroatoms. The van der Waals surface area contributed by atoms with Gasteiger partial charge in [-0.3, -0.25) is 4.72 Å². The predicted molar refractivity (Wildman–Crippen MR) is 162 cm³/mol. The molecule has 1 aliphatic carbocycles. The fraction of sp³-hybridized carbons (Fsp3) is 0.367. The van der Waals surface area contributed by atoms with Gasteiger partial charge in [0, 0.05) is 46.1 Å². The van der Waals surface area contributed by atoms with Crippen LogP contribution in [0.15, 0.2) is 53.6 Å². The number of hydrogen-bond acceptors (Lipinski definition) is 7. The number of nitrogens with zero attached hydrogens (tertiary/aromatic N) is 4. The fourth-order valence-electron chi connectivity index (χ4n) is 5.49. The van der Waals surface area contributed by atoms with Gasteiger partial charge in [-0.2, -0.15) is 0 Å². The van der Waals surface area contributed by atoms with E-state index in [-0.39, 0.29) is 21.6 Å². The highest BCUT2D eigenvalue weighted by Gasteiger charge is 2.24. The third kappa shape index (κ3) is 6.14. The number of halogens is 2. The van der Waals surface area contributed by atoms with E-state index >= 15 is 4.39 Å². The highest BCUT2D eigenvalue weighted by atomic mass is 35.5. The zero-order valence-corrected chi connectivity index (χ0v) is 25.2. The van der Waals surface area contributed by atoms with Crippen molar-refractivity contribution in [1.82, 2.24) is 19.9 Å². The van der Waals surface area contributed by atoms with Gasteiger partial charge in [0.25, 0.3) is 10.0 Å². The van der Waals surface area contributed by atoms with Crippen LogP contribution in [-0.2, 0) is 16.4 Å². The first-order valence-electron chi connectivity index (χ1n) is 13.7. The number of aromatic nitrogens is 3. The molecule has 0 saturated heterocycles. The van der Waals surface area contributed by atoms with Gasteiger partial charge in [-0.25, -0.2) is 27.8 Å². The third-order valence-corrected chi connectivity index (χ3v) is 9.61. The first-order chi connectivity index (χ1) is 19.6. The summed E-state index contributed by atoms with van der Waals surface area (Å²) in [6.07, 6.45) is 6.48. The number of anilines is 2. The molecular formula is C30H34ClFN6O2S. The van der Waals surface area contributed by atoms with Crippen LogP contribution in [0.4, 0.5) is 16.2 Å². The van der Waals surface area contributed by atoms with Crippen molar-refractivity contribution in [3.8, 4) is 11.1 Å². The zero-order valence-electron chi connectivity index (χ0n) is 23.6. The number of benzene rings is 2. The van der Waals surface area contributed by atoms with Crippen LogP contribution in [0.2, 0.25) is 5.02 Å². The van der Waals surface area contributed by atoms with Crippen LogP contribution in [0, 0.1) is 12.7 Å². The molecule has 4 aromatic rings. The fourth-order valence-corrected chi connectivity index (χ4v) is 7.01. The second-order valence-electron chi connectivity index (χ2n) is 10.7. The molecule has 41 heavy (non-hydrogen) atoms. The Balaban J connectivity index is 1.42. The van der Waals surface area contributed by atoms with E-state index < -0.39 is 10.0 Å². The summed E-state index contributed by atoms with van der Waals surface area (Å²) in [5, 5.41) is 4.29. The quantitative estimate of drug-likeness (QED) is 0.241. The number of pyridine rings is 1. The average molecular weight is 597 g/mol. The van der Waals surface area contributed by atoms with Crippen molar-refractivity contribution >= 4 is 44.3 Å². The van der Waals surface area contributed by atoms with Crippen molar-refractivity contribution in [2.75, 3.05) is 24.1 Å². The minimum absolute atomic E-state index is 0.0477. The maximum atomic E-state index is 16.0. The standard InChI is InChI=1S/C30H34ClFN6O2S/c1-5-22-28(32)24(16-19-17-33-30(36-29(19)22)35-20-10-12-21(13-11-20)38(3)4)23-14-15-27(34-18(23)2)37-41(39,40)26-9-7-6-8-25(26)31/h6-9,14-17,20-21H,5,10-13H2,1-4H3,(H,34,37)(H,33,35,36). The van der Waals surface area contributed by atoms with E-state index in [0.717, 1.165) is 31.1 Å². The van der Waals surface area contributed by atoms with Crippen molar-refractivity contribution in [3.63, 3.8) is 0 Å². The lowest BCUT2D eigenvalue weighted by Crippen LogP contribution is -2.36. The molecule has 0 aliphatic heterocycles. The zero-order chi connectivity index (χ0) is 29.3. The van der Waals surface area contributed by atoms with Crippen LogP contribution < -0.4 is 10.0 Å². The number of nitrogens with one attached hydrogen (secondary N) is 2. The highest BCUT2D eigenvalue weighted by Crippen LogP contribution is 2.34. The van der Waals surface area contributed by atoms with Gasteiger partial charge >= 0.3 is 0 Å². The first kappa shape index (κ1) is 29.2. The SMILES string of the molecule is CCc1c(F)c(-c2ccc(NS(=O)(=O)c3ccccc3Cl)nc2C)cc2cnc(NC3CCC(N(C)C)CC3)nc12. The van der Waals surface area contributed by atoms with E-state index in [1.807, 2.05) is 6.92 Å². The molecular weight excluding hydrogens is 563 g/mol. The molecule has 1 fully saturated rings. The first-order valence-corrected chi connectivity index (χ1v) is 15.6. The van der Waals surface area contributed by atoms with E-state index in [9.17, 15) is 8.42 Å². The van der Waals surface area contributed by atoms with E-state index in [1.165, 1.54) is 18.2 Å². The molecule has 0 spiro atoms. The summed E-state index contributed by atoms with van der Waals surface area (Å²) in [5.41, 5.74) is 2.48. The number of rotatable bonds is 8. The average Bonchev–Trinajstić information content (AvgIpc) is 2.93. The molecule has 0 radical (unpaired) electrons. The molecule has 2 aromatic heterocycles. The summed E-state index contributed by atoms with van der Waals surface area (Å²) in [7, 11) is 0.291. The Morgan fingerprint density at radius 2 is 1.78 bits per heavy atom. The largest absolute Gasteiger partial charge is 0.351 e. The van der Waals surface area contributed by atoms with Gasteiger partial charge in [0.05, 0.1) is 10.5 Å². The summed E-state index contributed by atoms with van der Waals surface area (Å²) in [4.78, 5) is 15.9. The monoisotopic (exact) mass is 596 g/mol. The predicted octanol–water partition coefficient (Wildman–Crippen LogP) is 6.44. The lowest BCUT2D eigenvalue weighted by molar-refractivity contribution is 0.221. The maximum absolute atomic E-state index is 16.0. The van der Waals surface area contributed by atoms with Crippen LogP contribution in [-0.4, -0.2) is 54.4 Å². The van der Waals surface area contributed by atoms with Crippen molar-refractivity contribution < 1.29 is 12.8 Å². The molecule has 0 amide bonds. The normalized spacial score (nSPS) is 17.6. The van der Waals surface area contributed by atoms with Gasteiger partial charge in [0.15, 0.2) is 0 Å². The van der Waals surface area contributed by atoms with Gasteiger partial charge in [0.1, 0.15) is 16.5 Å². The Hall–Kier alpha value is -3.34. The summed E-state index contributed by atoms with van der Waals surface area (Å²) in [5.74, 6) is 0.257. The lowest BCUT2D eigenvalue weighted by Gasteiger charge is -2.33. The molecule has 216 valence electrons. The van der Waals surface area contributed by atoms with E-state index in [1.54, 1.807) is 37.4 Å². The van der Waals surface area contributed by atoms with Gasteiger partial charge < -0.3 is 10.2 Å². The van der Waals surface area contributed by atoms with E-state index in [0.29, 0.717) is 52.4 Å². The summed E-state index contributed by atoms with van der Waals surface area (Å²) in [6.45, 7) is 3.61. The molecule has 2 N–H and O–H groups in total. The Bertz CT molecular complexity index is 1690. The van der Waals surface area contributed by atoms with Crippen molar-refractivity contribution in [3.05, 3.63) is 70.8 Å². The van der Waals surface area contributed by atoms with Crippen LogP contribution in [0.25, 0.3) is 22.0 Å². The Morgan fingerprint density at radius 1 is 1.05 bits per heavy atom. The van der Waals surface area contributed by atoms with Crippen molar-refractivity contribution in [2.45, 2.75) is 62.9 Å². The molecule has 2 heterocycles.